The summed E-state index contributed by atoms with van der Waals surface area (Å²) in [5, 5.41) is 9.76. The number of rotatable bonds is 14. The average molecular weight is 618 g/mol. The molecular weight excluding hydrogens is 578 g/mol. The Morgan fingerprint density at radius 3 is 2.51 bits per heavy atom. The molecule has 1 saturated heterocycles. The van der Waals surface area contributed by atoms with Crippen LogP contribution < -0.4 is 15.8 Å². The highest BCUT2D eigenvalue weighted by atomic mass is 32.2. The molecule has 0 bridgehead atoms. The molecular formula is C27H39N9O6S. The largest absolute Gasteiger partial charge is 0.474 e. The number of imidazole rings is 1. The van der Waals surface area contributed by atoms with Crippen LogP contribution in [0.3, 0.4) is 0 Å². The van der Waals surface area contributed by atoms with E-state index in [2.05, 4.69) is 30.4 Å². The minimum Gasteiger partial charge on any atom is -0.474 e. The number of piperazine rings is 1. The third kappa shape index (κ3) is 7.04. The first-order valence-electron chi connectivity index (χ1n) is 14.1. The van der Waals surface area contributed by atoms with Gasteiger partial charge in [0.25, 0.3) is 5.91 Å². The standard InChI is InChI=1S/C27H39N9O6S/c1-5-7-19-21(23(24(28)37)33-32-19)22(25-29-8-9-34(25)3)26(38)31-20-16-18(17-30-27(20)42-15-14-41-4)43(39,40)36-12-10-35(6-2)11-13-36/h8-9,16-17,22H,5-7,10-15H2,1-4H3,(H2,28,37)(H,31,38)(H,32,33). The zero-order valence-electron chi connectivity index (χ0n) is 24.9. The maximum absolute atomic E-state index is 14.2. The van der Waals surface area contributed by atoms with Crippen molar-refractivity contribution in [3.8, 4) is 5.88 Å². The number of nitrogens with one attached hydrogen (secondary N) is 2. The van der Waals surface area contributed by atoms with Crippen molar-refractivity contribution in [2.45, 2.75) is 37.5 Å². The molecule has 1 atom stereocenters. The molecule has 0 spiro atoms. The molecule has 15 nitrogen and oxygen atoms in total. The summed E-state index contributed by atoms with van der Waals surface area (Å²) < 4.78 is 41.1. The normalized spacial score (nSPS) is 15.3. The zero-order chi connectivity index (χ0) is 31.1. The van der Waals surface area contributed by atoms with Gasteiger partial charge in [0.05, 0.1) is 12.8 Å². The maximum Gasteiger partial charge on any atom is 0.269 e. The molecule has 2 amide bonds. The van der Waals surface area contributed by atoms with Crippen molar-refractivity contribution >= 4 is 27.5 Å². The van der Waals surface area contributed by atoms with Crippen LogP contribution in [0.4, 0.5) is 5.69 Å². The van der Waals surface area contributed by atoms with Crippen molar-refractivity contribution in [3.05, 3.63) is 47.4 Å². The van der Waals surface area contributed by atoms with Gasteiger partial charge in [-0.2, -0.15) is 9.40 Å². The van der Waals surface area contributed by atoms with Gasteiger partial charge in [0.1, 0.15) is 28.9 Å². The fraction of sp³-hybridized carbons (Fsp3) is 0.519. The molecule has 43 heavy (non-hydrogen) atoms. The third-order valence-electron chi connectivity index (χ3n) is 7.31. The minimum atomic E-state index is -3.92. The highest BCUT2D eigenvalue weighted by Crippen LogP contribution is 2.33. The summed E-state index contributed by atoms with van der Waals surface area (Å²) in [5.41, 5.74) is 6.48. The van der Waals surface area contributed by atoms with E-state index in [0.717, 1.165) is 6.54 Å². The molecule has 0 saturated carbocycles. The Kier molecular flexibility index (Phi) is 10.5. The second-order valence-corrected chi connectivity index (χ2v) is 12.0. The van der Waals surface area contributed by atoms with Crippen molar-refractivity contribution in [2.75, 3.05) is 58.4 Å². The van der Waals surface area contributed by atoms with Crippen LogP contribution in [0.2, 0.25) is 0 Å². The molecule has 0 aliphatic carbocycles. The number of carbonyl (C=O) groups excluding carboxylic acids is 2. The first-order valence-corrected chi connectivity index (χ1v) is 15.6. The highest BCUT2D eigenvalue weighted by molar-refractivity contribution is 7.89. The van der Waals surface area contributed by atoms with Crippen LogP contribution in [0, 0.1) is 0 Å². The van der Waals surface area contributed by atoms with Gasteiger partial charge in [-0.05, 0) is 19.0 Å². The molecule has 4 heterocycles. The molecule has 1 unspecified atom stereocenters. The number of nitrogens with two attached hydrogens (primary N) is 1. The van der Waals surface area contributed by atoms with E-state index in [1.807, 2.05) is 13.8 Å². The van der Waals surface area contributed by atoms with Crippen LogP contribution in [0.25, 0.3) is 0 Å². The second kappa shape index (κ2) is 14.1. The van der Waals surface area contributed by atoms with E-state index < -0.39 is 27.8 Å². The number of aromatic nitrogens is 5. The van der Waals surface area contributed by atoms with Crippen LogP contribution in [0.5, 0.6) is 5.88 Å². The fourth-order valence-corrected chi connectivity index (χ4v) is 6.39. The molecule has 0 aromatic carbocycles. The van der Waals surface area contributed by atoms with E-state index in [9.17, 15) is 18.0 Å². The number of methoxy groups -OCH3 is 1. The van der Waals surface area contributed by atoms with Crippen molar-refractivity contribution in [1.29, 1.82) is 0 Å². The lowest BCUT2D eigenvalue weighted by molar-refractivity contribution is -0.117. The molecule has 1 aliphatic rings. The lowest BCUT2D eigenvalue weighted by Crippen LogP contribution is -2.48. The lowest BCUT2D eigenvalue weighted by atomic mass is 9.92. The van der Waals surface area contributed by atoms with Crippen LogP contribution >= 0.6 is 0 Å². The van der Waals surface area contributed by atoms with Crippen LogP contribution in [-0.2, 0) is 33.0 Å². The van der Waals surface area contributed by atoms with Gasteiger partial charge >= 0.3 is 0 Å². The molecule has 3 aromatic heterocycles. The average Bonchev–Trinajstić information content (AvgIpc) is 3.60. The number of aromatic amines is 1. The third-order valence-corrected chi connectivity index (χ3v) is 9.17. The van der Waals surface area contributed by atoms with Crippen molar-refractivity contribution < 1.29 is 27.5 Å². The predicted molar refractivity (Wildman–Crippen MR) is 157 cm³/mol. The van der Waals surface area contributed by atoms with Crippen molar-refractivity contribution in [1.82, 2.24) is 33.9 Å². The number of amides is 2. The van der Waals surface area contributed by atoms with E-state index in [1.54, 1.807) is 17.8 Å². The Balaban J connectivity index is 1.76. The Morgan fingerprint density at radius 1 is 1.16 bits per heavy atom. The van der Waals surface area contributed by atoms with Gasteiger partial charge in [-0.15, -0.1) is 0 Å². The van der Waals surface area contributed by atoms with E-state index in [1.165, 1.54) is 29.9 Å². The van der Waals surface area contributed by atoms with Crippen LogP contribution in [-0.4, -0.2) is 107 Å². The number of hydrogen-bond acceptors (Lipinski definition) is 10. The summed E-state index contributed by atoms with van der Waals surface area (Å²) in [6, 6.07) is 1.33. The first-order chi connectivity index (χ1) is 20.6. The van der Waals surface area contributed by atoms with Crippen LogP contribution in [0.15, 0.2) is 29.6 Å². The molecule has 234 valence electrons. The number of ether oxygens (including phenoxy) is 2. The monoisotopic (exact) mass is 617 g/mol. The minimum absolute atomic E-state index is 0.00911. The van der Waals surface area contributed by atoms with Crippen LogP contribution in [0.1, 0.15) is 53.8 Å². The second-order valence-electron chi connectivity index (χ2n) is 10.1. The van der Waals surface area contributed by atoms with E-state index in [4.69, 9.17) is 15.2 Å². The Hall–Kier alpha value is -3.86. The smallest absolute Gasteiger partial charge is 0.269 e. The van der Waals surface area contributed by atoms with Gasteiger partial charge in [0, 0.05) is 64.0 Å². The molecule has 16 heteroatoms. The molecule has 0 radical (unpaired) electrons. The number of likely N-dealkylation sites (N-methyl/N-ethyl adjacent to an activating group) is 1. The van der Waals surface area contributed by atoms with Gasteiger partial charge < -0.3 is 30.0 Å². The van der Waals surface area contributed by atoms with Gasteiger partial charge in [0.2, 0.25) is 21.8 Å². The first kappa shape index (κ1) is 32.1. The lowest BCUT2D eigenvalue weighted by Gasteiger charge is -2.33. The van der Waals surface area contributed by atoms with Gasteiger partial charge in [-0.25, -0.2) is 18.4 Å². The Morgan fingerprint density at radius 2 is 1.91 bits per heavy atom. The summed E-state index contributed by atoms with van der Waals surface area (Å²) in [6.07, 6.45) is 5.62. The van der Waals surface area contributed by atoms with E-state index in [-0.39, 0.29) is 35.4 Å². The van der Waals surface area contributed by atoms with E-state index >= 15 is 0 Å². The summed E-state index contributed by atoms with van der Waals surface area (Å²) in [6.45, 7) is 7.07. The number of hydrogen-bond donors (Lipinski definition) is 3. The summed E-state index contributed by atoms with van der Waals surface area (Å²) in [7, 11) is -0.685. The summed E-state index contributed by atoms with van der Waals surface area (Å²) >= 11 is 0. The Labute approximate surface area is 250 Å². The quantitative estimate of drug-likeness (QED) is 0.217. The van der Waals surface area contributed by atoms with Crippen molar-refractivity contribution in [3.63, 3.8) is 0 Å². The summed E-state index contributed by atoms with van der Waals surface area (Å²) in [5.74, 6) is -2.21. The number of aryl methyl sites for hydroxylation is 2. The number of primary amides is 1. The molecule has 3 aromatic rings. The molecule has 4 N–H and O–H groups in total. The van der Waals surface area contributed by atoms with Gasteiger partial charge in [0.15, 0.2) is 5.69 Å². The highest BCUT2D eigenvalue weighted by Gasteiger charge is 2.35. The number of nitrogens with zero attached hydrogens (tertiary/aromatic N) is 6. The maximum atomic E-state index is 14.2. The van der Waals surface area contributed by atoms with Crippen molar-refractivity contribution in [2.24, 2.45) is 12.8 Å². The topological polar surface area (TPSA) is 191 Å². The molecule has 1 aliphatic heterocycles. The number of H-pyrrole nitrogens is 1. The fourth-order valence-electron chi connectivity index (χ4n) is 5.00. The number of sulfonamides is 1. The number of pyridine rings is 1. The predicted octanol–water partition coefficient (Wildman–Crippen LogP) is 0.712. The van der Waals surface area contributed by atoms with E-state index in [0.29, 0.717) is 56.1 Å². The summed E-state index contributed by atoms with van der Waals surface area (Å²) in [4.78, 5) is 37.3. The SMILES string of the molecule is CCCc1[nH]nc(C(N)=O)c1C(C(=O)Nc1cc(S(=O)(=O)N2CCN(CC)CC2)cnc1OCCOC)c1nccn1C. The zero-order valence-corrected chi connectivity index (χ0v) is 25.7. The number of carbonyl (C=O) groups is 2. The van der Waals surface area contributed by atoms with Gasteiger partial charge in [-0.3, -0.25) is 14.7 Å². The molecule has 4 rings (SSSR count). The Bertz CT molecular complexity index is 1530. The molecule has 1 fully saturated rings. The van der Waals surface area contributed by atoms with Gasteiger partial charge in [-0.1, -0.05) is 20.3 Å². The number of anilines is 1.